The molecule has 44 heavy (non-hydrogen) atoms. The first-order valence-electron chi connectivity index (χ1n) is 16.6. The molecule has 8 saturated carbocycles. The second kappa shape index (κ2) is 10.2. The Morgan fingerprint density at radius 1 is 0.705 bits per heavy atom. The largest absolute Gasteiger partial charge is 0.455 e. The Morgan fingerprint density at radius 2 is 1.09 bits per heavy atom. The fourth-order valence-corrected chi connectivity index (χ4v) is 11.3. The van der Waals surface area contributed by atoms with Gasteiger partial charge >= 0.3 is 18.6 Å². The fourth-order valence-electron chi connectivity index (χ4n) is 11.3. The Balaban J connectivity index is 1.22. The normalized spacial score (nSPS) is 36.1. The van der Waals surface area contributed by atoms with Crippen molar-refractivity contribution in [3.8, 4) is 16.9 Å². The highest BCUT2D eigenvalue weighted by Crippen LogP contribution is 2.59. The summed E-state index contributed by atoms with van der Waals surface area (Å²) >= 11 is 0. The van der Waals surface area contributed by atoms with Gasteiger partial charge in [0.25, 0.3) is 0 Å². The summed E-state index contributed by atoms with van der Waals surface area (Å²) in [5.41, 5.74) is 0.449. The highest BCUT2D eigenvalue weighted by atomic mass is 19.3. The van der Waals surface area contributed by atoms with Gasteiger partial charge in [-0.15, -0.1) is 0 Å². The van der Waals surface area contributed by atoms with Crippen molar-refractivity contribution in [3.05, 3.63) is 46.8 Å². The molecule has 234 valence electrons. The van der Waals surface area contributed by atoms with Crippen LogP contribution < -0.4 is 4.74 Å². The predicted molar refractivity (Wildman–Crippen MR) is 158 cm³/mol. The number of para-hydroxylation sites is 1. The number of hydrogen-bond donors (Lipinski definition) is 0. The second-order valence-electron chi connectivity index (χ2n) is 15.3. The standard InChI is InChI=1S/C36H41F2NO5/c1-19-29(32(40)43-35-13-21-7-22(14-35)9-23(8-21)15-35)31(27-5-3-4-6-28(27)42-34(37)38)30(20(2)39-19)33(41)44-36-16-24-10-25(17-36)12-26(11-24)18-36/h3-6,21-26,34H,7-18H2,1-2H3. The number of benzene rings is 1. The average molecular weight is 606 g/mol. The molecule has 8 heteroatoms. The Labute approximate surface area is 257 Å². The van der Waals surface area contributed by atoms with Crippen molar-refractivity contribution in [3.63, 3.8) is 0 Å². The molecule has 6 nitrogen and oxygen atoms in total. The Hall–Kier alpha value is -3.03. The van der Waals surface area contributed by atoms with Gasteiger partial charge in [-0.3, -0.25) is 4.98 Å². The minimum Gasteiger partial charge on any atom is -0.455 e. The molecule has 0 amide bonds. The van der Waals surface area contributed by atoms with Crippen LogP contribution in [0.15, 0.2) is 24.3 Å². The number of halogens is 2. The van der Waals surface area contributed by atoms with Crippen molar-refractivity contribution < 1.29 is 32.6 Å². The number of aryl methyl sites for hydroxylation is 2. The van der Waals surface area contributed by atoms with Crippen LogP contribution in [0.2, 0.25) is 0 Å². The van der Waals surface area contributed by atoms with E-state index in [2.05, 4.69) is 0 Å². The first-order valence-corrected chi connectivity index (χ1v) is 16.6. The van der Waals surface area contributed by atoms with E-state index in [9.17, 15) is 18.4 Å². The first kappa shape index (κ1) is 28.4. The number of carbonyl (C=O) groups excluding carboxylic acids is 2. The lowest BCUT2D eigenvalue weighted by atomic mass is 9.54. The van der Waals surface area contributed by atoms with Crippen molar-refractivity contribution in [2.45, 2.75) is 109 Å². The third-order valence-electron chi connectivity index (χ3n) is 11.9. The molecular formula is C36H41F2NO5. The lowest BCUT2D eigenvalue weighted by Crippen LogP contribution is -2.53. The second-order valence-corrected chi connectivity index (χ2v) is 15.3. The SMILES string of the molecule is Cc1nc(C)c(C(=O)OC23CC4CC(CC(C4)C2)C3)c(-c2ccccc2OC(F)F)c1C(=O)OC12CC3CC(CC(C3)C1)C2. The van der Waals surface area contributed by atoms with E-state index in [1.54, 1.807) is 32.0 Å². The van der Waals surface area contributed by atoms with E-state index in [-0.39, 0.29) is 28.0 Å². The van der Waals surface area contributed by atoms with E-state index < -0.39 is 29.8 Å². The lowest BCUT2D eigenvalue weighted by molar-refractivity contribution is -0.131. The van der Waals surface area contributed by atoms with Gasteiger partial charge in [0.1, 0.15) is 17.0 Å². The molecule has 1 aromatic heterocycles. The number of rotatable bonds is 7. The van der Waals surface area contributed by atoms with Crippen LogP contribution in [-0.2, 0) is 9.47 Å². The van der Waals surface area contributed by atoms with Gasteiger partial charge in [0, 0.05) is 11.1 Å². The molecule has 1 aromatic carbocycles. The Kier molecular flexibility index (Phi) is 6.62. The number of alkyl halides is 2. The quantitative estimate of drug-likeness (QED) is 0.296. The molecule has 8 fully saturated rings. The van der Waals surface area contributed by atoms with E-state index in [0.717, 1.165) is 38.5 Å². The number of nitrogens with zero attached hydrogens (tertiary/aromatic N) is 1. The van der Waals surface area contributed by atoms with Crippen molar-refractivity contribution in [1.29, 1.82) is 0 Å². The third kappa shape index (κ3) is 4.82. The number of hydrogen-bond acceptors (Lipinski definition) is 6. The van der Waals surface area contributed by atoms with Crippen molar-refractivity contribution in [2.75, 3.05) is 0 Å². The molecule has 2 aromatic rings. The van der Waals surface area contributed by atoms with Gasteiger partial charge in [-0.2, -0.15) is 8.78 Å². The van der Waals surface area contributed by atoms with Crippen molar-refractivity contribution in [2.24, 2.45) is 35.5 Å². The summed E-state index contributed by atoms with van der Waals surface area (Å²) in [5.74, 6) is 2.18. The molecule has 8 aliphatic rings. The van der Waals surface area contributed by atoms with Crippen LogP contribution in [0.1, 0.15) is 109 Å². The number of esters is 2. The zero-order chi connectivity index (χ0) is 30.4. The van der Waals surface area contributed by atoms with Crippen molar-refractivity contribution >= 4 is 11.9 Å². The molecule has 0 atom stereocenters. The number of ether oxygens (including phenoxy) is 3. The van der Waals surface area contributed by atoms with E-state index in [1.807, 2.05) is 0 Å². The van der Waals surface area contributed by atoms with Gasteiger partial charge in [-0.1, -0.05) is 18.2 Å². The van der Waals surface area contributed by atoms with E-state index >= 15 is 0 Å². The molecule has 0 spiro atoms. The van der Waals surface area contributed by atoms with Crippen LogP contribution in [0.5, 0.6) is 5.75 Å². The van der Waals surface area contributed by atoms with Crippen molar-refractivity contribution in [1.82, 2.24) is 4.98 Å². The van der Waals surface area contributed by atoms with Gasteiger partial charge in [0.2, 0.25) is 0 Å². The predicted octanol–water partition coefficient (Wildman–Crippen LogP) is 8.22. The molecule has 8 bridgehead atoms. The van der Waals surface area contributed by atoms with Crippen LogP contribution in [0.25, 0.3) is 11.1 Å². The molecule has 0 saturated heterocycles. The average Bonchev–Trinajstić information content (AvgIpc) is 2.90. The van der Waals surface area contributed by atoms with E-state index in [4.69, 9.17) is 19.2 Å². The van der Waals surface area contributed by atoms with E-state index in [1.165, 1.54) is 44.6 Å². The van der Waals surface area contributed by atoms with Gasteiger partial charge in [-0.05, 0) is 132 Å². The van der Waals surface area contributed by atoms with Gasteiger partial charge < -0.3 is 14.2 Å². The minimum atomic E-state index is -3.08. The smallest absolute Gasteiger partial charge is 0.387 e. The zero-order valence-corrected chi connectivity index (χ0v) is 25.6. The maximum Gasteiger partial charge on any atom is 0.387 e. The molecule has 8 aliphatic carbocycles. The molecule has 0 unspecified atom stereocenters. The highest BCUT2D eigenvalue weighted by Gasteiger charge is 2.55. The minimum absolute atomic E-state index is 0.111. The summed E-state index contributed by atoms with van der Waals surface area (Å²) < 4.78 is 45.2. The molecule has 0 N–H and O–H groups in total. The maximum atomic E-state index is 14.4. The summed E-state index contributed by atoms with van der Waals surface area (Å²) in [5, 5.41) is 0. The van der Waals surface area contributed by atoms with Crippen LogP contribution in [0.3, 0.4) is 0 Å². The first-order chi connectivity index (χ1) is 21.1. The molecular weight excluding hydrogens is 564 g/mol. The summed E-state index contributed by atoms with van der Waals surface area (Å²) in [7, 11) is 0. The summed E-state index contributed by atoms with van der Waals surface area (Å²) in [4.78, 5) is 33.4. The molecule has 0 aliphatic heterocycles. The number of carbonyl (C=O) groups is 2. The van der Waals surface area contributed by atoms with Crippen LogP contribution in [-0.4, -0.2) is 34.7 Å². The zero-order valence-electron chi connectivity index (χ0n) is 25.6. The Bertz CT molecular complexity index is 1370. The topological polar surface area (TPSA) is 74.7 Å². The van der Waals surface area contributed by atoms with E-state index in [0.29, 0.717) is 46.9 Å². The van der Waals surface area contributed by atoms with Crippen LogP contribution >= 0.6 is 0 Å². The lowest BCUT2D eigenvalue weighted by Gasteiger charge is -2.55. The fraction of sp³-hybridized carbons (Fsp3) is 0.639. The van der Waals surface area contributed by atoms with Crippen LogP contribution in [0.4, 0.5) is 8.78 Å². The summed E-state index contributed by atoms with van der Waals surface area (Å²) in [6.07, 6.45) is 12.3. The van der Waals surface area contributed by atoms with Gasteiger partial charge in [0.15, 0.2) is 0 Å². The van der Waals surface area contributed by atoms with Crippen LogP contribution in [0, 0.1) is 49.4 Å². The maximum absolute atomic E-state index is 14.4. The number of pyridine rings is 1. The van der Waals surface area contributed by atoms with Gasteiger partial charge in [0.05, 0.1) is 22.5 Å². The van der Waals surface area contributed by atoms with Gasteiger partial charge in [-0.25, -0.2) is 9.59 Å². The summed E-state index contributed by atoms with van der Waals surface area (Å²) in [6.45, 7) is 0.361. The molecule has 0 radical (unpaired) electrons. The molecule has 1 heterocycles. The Morgan fingerprint density at radius 3 is 1.48 bits per heavy atom. The third-order valence-corrected chi connectivity index (χ3v) is 11.9. The highest BCUT2D eigenvalue weighted by molar-refractivity contribution is 6.08. The number of aromatic nitrogens is 1. The summed E-state index contributed by atoms with van der Waals surface area (Å²) in [6, 6.07) is 6.36. The molecule has 10 rings (SSSR count). The monoisotopic (exact) mass is 605 g/mol.